The van der Waals surface area contributed by atoms with Crippen LogP contribution >= 0.6 is 23.8 Å². The summed E-state index contributed by atoms with van der Waals surface area (Å²) < 4.78 is 10.8. The summed E-state index contributed by atoms with van der Waals surface area (Å²) in [6.07, 6.45) is 1.60. The predicted octanol–water partition coefficient (Wildman–Crippen LogP) is 3.26. The fourth-order valence-electron chi connectivity index (χ4n) is 0.987. The van der Waals surface area contributed by atoms with Crippen LogP contribution in [0.25, 0.3) is 0 Å². The van der Waals surface area contributed by atoms with Gasteiger partial charge in [0.15, 0.2) is 22.6 Å². The van der Waals surface area contributed by atoms with E-state index in [-0.39, 0.29) is 12.2 Å². The van der Waals surface area contributed by atoms with E-state index in [0.717, 1.165) is 0 Å². The van der Waals surface area contributed by atoms with E-state index in [0.29, 0.717) is 16.0 Å². The van der Waals surface area contributed by atoms with E-state index in [1.807, 2.05) is 20.8 Å². The van der Waals surface area contributed by atoms with Crippen LogP contribution in [0, 0.1) is 0 Å². The van der Waals surface area contributed by atoms with Crippen LogP contribution in [-0.2, 0) is 4.74 Å². The van der Waals surface area contributed by atoms with E-state index < -0.39 is 0 Å². The summed E-state index contributed by atoms with van der Waals surface area (Å²) in [5.74, 6) is 0.504. The van der Waals surface area contributed by atoms with Gasteiger partial charge >= 0.3 is 0 Å². The zero-order valence-corrected chi connectivity index (χ0v) is 11.1. The van der Waals surface area contributed by atoms with Gasteiger partial charge in [0.05, 0.1) is 0 Å². The second kappa shape index (κ2) is 5.46. The van der Waals surface area contributed by atoms with Gasteiger partial charge in [-0.2, -0.15) is 0 Å². The highest BCUT2D eigenvalue weighted by atomic mass is 35.5. The van der Waals surface area contributed by atoms with Crippen LogP contribution in [0.2, 0.25) is 5.15 Å². The Labute approximate surface area is 106 Å². The van der Waals surface area contributed by atoms with Crippen LogP contribution < -0.4 is 4.74 Å². The molecule has 3 nitrogen and oxygen atoms in total. The molecular weight excluding hydrogens is 246 g/mol. The van der Waals surface area contributed by atoms with Crippen LogP contribution in [-0.4, -0.2) is 22.2 Å². The van der Waals surface area contributed by atoms with E-state index in [9.17, 15) is 0 Å². The molecule has 0 unspecified atom stereocenters. The highest BCUT2D eigenvalue weighted by Crippen LogP contribution is 2.20. The molecular formula is C11H14ClNO2S. The van der Waals surface area contributed by atoms with Crippen LogP contribution in [0.5, 0.6) is 5.75 Å². The normalized spacial score (nSPS) is 11.0. The molecule has 0 radical (unpaired) electrons. The molecule has 0 atom stereocenters. The van der Waals surface area contributed by atoms with Crippen molar-refractivity contribution in [2.45, 2.75) is 26.4 Å². The first-order valence-corrected chi connectivity index (χ1v) is 5.62. The number of hydrogen-bond donors (Lipinski definition) is 0. The predicted molar refractivity (Wildman–Crippen MR) is 68.2 cm³/mol. The lowest BCUT2D eigenvalue weighted by atomic mass is 10.2. The molecule has 1 rings (SSSR count). The minimum absolute atomic E-state index is 0.192. The number of hydrogen-bond acceptors (Lipinski definition) is 4. The molecule has 16 heavy (non-hydrogen) atoms. The van der Waals surface area contributed by atoms with Crippen molar-refractivity contribution in [2.24, 2.45) is 0 Å². The average Bonchev–Trinajstić information content (AvgIpc) is 2.14. The van der Waals surface area contributed by atoms with Crippen LogP contribution in [0.3, 0.4) is 0 Å². The largest absolute Gasteiger partial charge is 0.481 e. The first-order valence-electron chi connectivity index (χ1n) is 4.83. The Morgan fingerprint density at radius 3 is 2.75 bits per heavy atom. The summed E-state index contributed by atoms with van der Waals surface area (Å²) >= 11 is 10.9. The Hall–Kier alpha value is -0.870. The van der Waals surface area contributed by atoms with Crippen molar-refractivity contribution in [3.8, 4) is 5.75 Å². The number of nitrogens with zero attached hydrogens (tertiary/aromatic N) is 1. The van der Waals surface area contributed by atoms with Gasteiger partial charge in [-0.15, -0.1) is 0 Å². The van der Waals surface area contributed by atoms with Crippen molar-refractivity contribution in [3.63, 3.8) is 0 Å². The van der Waals surface area contributed by atoms with Gasteiger partial charge in [0.1, 0.15) is 5.60 Å². The fraction of sp³-hybridized carbons (Fsp3) is 0.455. The van der Waals surface area contributed by atoms with Crippen molar-refractivity contribution < 1.29 is 9.47 Å². The van der Waals surface area contributed by atoms with Gasteiger partial charge in [-0.05, 0) is 45.1 Å². The Balaban J connectivity index is 2.47. The quantitative estimate of drug-likeness (QED) is 0.616. The van der Waals surface area contributed by atoms with E-state index >= 15 is 0 Å². The second-order valence-electron chi connectivity index (χ2n) is 4.17. The van der Waals surface area contributed by atoms with Gasteiger partial charge in [0.25, 0.3) is 0 Å². The zero-order valence-electron chi connectivity index (χ0n) is 9.49. The second-order valence-corrected chi connectivity index (χ2v) is 4.98. The van der Waals surface area contributed by atoms with Crippen molar-refractivity contribution in [1.29, 1.82) is 0 Å². The number of aromatic nitrogens is 1. The Bertz CT molecular complexity index is 376. The fourth-order valence-corrected chi connectivity index (χ4v) is 1.47. The van der Waals surface area contributed by atoms with E-state index in [2.05, 4.69) is 4.98 Å². The maximum absolute atomic E-state index is 5.82. The molecule has 0 spiro atoms. The lowest BCUT2D eigenvalue weighted by Gasteiger charge is -2.21. The Kier molecular flexibility index (Phi) is 4.50. The maximum atomic E-state index is 5.82. The summed E-state index contributed by atoms with van der Waals surface area (Å²) in [5.41, 5.74) is -0.306. The molecule has 0 bridgehead atoms. The molecule has 0 saturated heterocycles. The van der Waals surface area contributed by atoms with Gasteiger partial charge in [-0.1, -0.05) is 11.6 Å². The minimum Gasteiger partial charge on any atom is -0.481 e. The zero-order chi connectivity index (χ0) is 12.2. The number of thiocarbonyl (C=S) groups is 1. The SMILES string of the molecule is CC(C)(C)OC(=S)COc1cccnc1Cl. The molecule has 1 aromatic heterocycles. The molecule has 1 aromatic rings. The first-order chi connectivity index (χ1) is 7.38. The van der Waals surface area contributed by atoms with Gasteiger partial charge < -0.3 is 9.47 Å². The van der Waals surface area contributed by atoms with Crippen molar-refractivity contribution in [1.82, 2.24) is 4.98 Å². The molecule has 0 aliphatic rings. The molecule has 0 aliphatic carbocycles. The minimum atomic E-state index is -0.306. The number of ether oxygens (including phenoxy) is 2. The molecule has 0 saturated carbocycles. The molecule has 0 N–H and O–H groups in total. The lowest BCUT2D eigenvalue weighted by Crippen LogP contribution is -2.26. The summed E-state index contributed by atoms with van der Waals surface area (Å²) in [6.45, 7) is 5.97. The standard InChI is InChI=1S/C11H14ClNO2S/c1-11(2,3)15-9(16)7-14-8-5-4-6-13-10(8)12/h4-6H,7H2,1-3H3. The average molecular weight is 260 g/mol. The maximum Gasteiger partial charge on any atom is 0.198 e. The van der Waals surface area contributed by atoms with Gasteiger partial charge in [-0.25, -0.2) is 4.98 Å². The molecule has 0 fully saturated rings. The third-order valence-electron chi connectivity index (χ3n) is 1.49. The van der Waals surface area contributed by atoms with Crippen molar-refractivity contribution in [3.05, 3.63) is 23.5 Å². The highest BCUT2D eigenvalue weighted by molar-refractivity contribution is 7.80. The third-order valence-corrected chi connectivity index (χ3v) is 1.98. The Morgan fingerprint density at radius 1 is 1.50 bits per heavy atom. The number of rotatable bonds is 3. The van der Waals surface area contributed by atoms with Crippen molar-refractivity contribution >= 4 is 28.9 Å². The van der Waals surface area contributed by atoms with Gasteiger partial charge in [-0.3, -0.25) is 0 Å². The van der Waals surface area contributed by atoms with Crippen LogP contribution in [0.1, 0.15) is 20.8 Å². The van der Waals surface area contributed by atoms with Crippen LogP contribution in [0.15, 0.2) is 18.3 Å². The van der Waals surface area contributed by atoms with E-state index in [4.69, 9.17) is 33.3 Å². The summed E-state index contributed by atoms with van der Waals surface area (Å²) in [5, 5.41) is 0.716. The van der Waals surface area contributed by atoms with E-state index in [1.165, 1.54) is 0 Å². The Morgan fingerprint density at radius 2 is 2.19 bits per heavy atom. The number of pyridine rings is 1. The highest BCUT2D eigenvalue weighted by Gasteiger charge is 2.14. The number of halogens is 1. The molecule has 0 aliphatic heterocycles. The topological polar surface area (TPSA) is 31.4 Å². The van der Waals surface area contributed by atoms with Crippen molar-refractivity contribution in [2.75, 3.05) is 6.61 Å². The molecule has 88 valence electrons. The summed E-state index contributed by atoms with van der Waals surface area (Å²) in [6, 6.07) is 3.48. The molecule has 0 amide bonds. The lowest BCUT2D eigenvalue weighted by molar-refractivity contribution is 0.111. The molecule has 1 heterocycles. The first kappa shape index (κ1) is 13.2. The smallest absolute Gasteiger partial charge is 0.198 e. The summed E-state index contributed by atoms with van der Waals surface area (Å²) in [7, 11) is 0. The monoisotopic (exact) mass is 259 g/mol. The summed E-state index contributed by atoms with van der Waals surface area (Å²) in [4.78, 5) is 3.89. The third kappa shape index (κ3) is 4.77. The van der Waals surface area contributed by atoms with Crippen LogP contribution in [0.4, 0.5) is 0 Å². The van der Waals surface area contributed by atoms with Gasteiger partial charge in [0.2, 0.25) is 0 Å². The van der Waals surface area contributed by atoms with Gasteiger partial charge in [0, 0.05) is 6.20 Å². The molecule has 0 aromatic carbocycles. The molecule has 5 heteroatoms. The van der Waals surface area contributed by atoms with E-state index in [1.54, 1.807) is 18.3 Å².